The Bertz CT molecular complexity index is 588. The van der Waals surface area contributed by atoms with E-state index in [-0.39, 0.29) is 12.4 Å². The molecule has 1 heterocycles. The Morgan fingerprint density at radius 3 is 2.71 bits per heavy atom. The van der Waals surface area contributed by atoms with E-state index in [1.807, 2.05) is 18.2 Å². The predicted molar refractivity (Wildman–Crippen MR) is 79.3 cm³/mol. The Labute approximate surface area is 125 Å². The number of hydrogen-bond acceptors (Lipinski definition) is 5. The van der Waals surface area contributed by atoms with Crippen LogP contribution in [0.2, 0.25) is 0 Å². The third kappa shape index (κ3) is 4.40. The van der Waals surface area contributed by atoms with Crippen molar-refractivity contribution in [1.82, 2.24) is 0 Å². The van der Waals surface area contributed by atoms with Crippen LogP contribution in [-0.2, 0) is 31.4 Å². The van der Waals surface area contributed by atoms with Crippen LogP contribution in [0.5, 0.6) is 5.75 Å². The molecule has 0 N–H and O–H groups in total. The minimum absolute atomic E-state index is 0.105. The highest BCUT2D eigenvalue weighted by Gasteiger charge is 2.39. The van der Waals surface area contributed by atoms with Crippen molar-refractivity contribution in [2.24, 2.45) is 0 Å². The van der Waals surface area contributed by atoms with Crippen molar-refractivity contribution in [3.8, 4) is 5.75 Å². The first-order chi connectivity index (χ1) is 9.69. The van der Waals surface area contributed by atoms with Crippen molar-refractivity contribution in [2.75, 3.05) is 0 Å². The first kappa shape index (κ1) is 16.2. The molecule has 5 nitrogen and oxygen atoms in total. The molecular weight excluding hydrogens is 291 g/mol. The van der Waals surface area contributed by atoms with Gasteiger partial charge in [-0.1, -0.05) is 18.2 Å². The largest absolute Gasteiger partial charge is 0.530 e. The number of benzene rings is 1. The van der Waals surface area contributed by atoms with Crippen LogP contribution >= 0.6 is 7.82 Å². The maximum atomic E-state index is 12.6. The maximum absolute atomic E-state index is 12.6. The summed E-state index contributed by atoms with van der Waals surface area (Å²) in [4.78, 5) is 11.2. The first-order valence-electron chi connectivity index (χ1n) is 6.94. The minimum atomic E-state index is -3.63. The quantitative estimate of drug-likeness (QED) is 0.785. The zero-order valence-corrected chi connectivity index (χ0v) is 13.7. The summed E-state index contributed by atoms with van der Waals surface area (Å²) in [5.41, 5.74) is 1.03. The summed E-state index contributed by atoms with van der Waals surface area (Å²) in [6.07, 6.45) is 0.971. The van der Waals surface area contributed by atoms with Crippen molar-refractivity contribution in [3.05, 3.63) is 29.3 Å². The van der Waals surface area contributed by atoms with Gasteiger partial charge in [-0.2, -0.15) is 0 Å². The number of carbonyl (C=O) groups excluding carboxylic acids is 1. The molecule has 0 spiro atoms. The molecule has 0 aromatic heterocycles. The van der Waals surface area contributed by atoms with E-state index in [1.165, 1.54) is 0 Å². The third-order valence-corrected chi connectivity index (χ3v) is 4.51. The second-order valence-electron chi connectivity index (χ2n) is 6.12. The van der Waals surface area contributed by atoms with Gasteiger partial charge in [0.2, 0.25) is 0 Å². The first-order valence-corrected chi connectivity index (χ1v) is 8.40. The van der Waals surface area contributed by atoms with Gasteiger partial charge in [0.05, 0.1) is 12.2 Å². The molecular formula is C15H21O5P. The van der Waals surface area contributed by atoms with E-state index < -0.39 is 13.4 Å². The molecule has 0 saturated carbocycles. The van der Waals surface area contributed by atoms with Gasteiger partial charge in [0.25, 0.3) is 0 Å². The van der Waals surface area contributed by atoms with Crippen LogP contribution in [0.15, 0.2) is 18.2 Å². The number of para-hydroxylation sites is 1. The lowest BCUT2D eigenvalue weighted by Gasteiger charge is -2.30. The fourth-order valence-electron chi connectivity index (χ4n) is 2.04. The highest BCUT2D eigenvalue weighted by atomic mass is 31.2. The smallest absolute Gasteiger partial charge is 0.403 e. The van der Waals surface area contributed by atoms with Gasteiger partial charge in [-0.05, 0) is 39.7 Å². The molecule has 0 saturated heterocycles. The molecule has 1 aromatic rings. The van der Waals surface area contributed by atoms with E-state index in [2.05, 4.69) is 0 Å². The fraction of sp³-hybridized carbons (Fsp3) is 0.533. The summed E-state index contributed by atoms with van der Waals surface area (Å²) in [5, 5.41) is 0. The van der Waals surface area contributed by atoms with Crippen molar-refractivity contribution in [2.45, 2.75) is 52.7 Å². The van der Waals surface area contributed by atoms with Gasteiger partial charge in [-0.25, -0.2) is 4.57 Å². The Morgan fingerprint density at radius 2 is 2.10 bits per heavy atom. The number of fused-ring (bicyclic) bond motifs is 1. The molecule has 1 unspecified atom stereocenters. The average Bonchev–Trinajstić information content (AvgIpc) is 2.33. The standard InChI is InChI=1S/C15H21O5P/c1-11(16)8-9-12-6-5-7-13-10-18-21(17,19-14(12)13)20-15(2,3)4/h5-7H,8-10H2,1-4H3. The normalized spacial score (nSPS) is 21.5. The van der Waals surface area contributed by atoms with Gasteiger partial charge in [-0.3, -0.25) is 9.05 Å². The zero-order valence-electron chi connectivity index (χ0n) is 12.8. The van der Waals surface area contributed by atoms with E-state index in [9.17, 15) is 9.36 Å². The van der Waals surface area contributed by atoms with E-state index in [1.54, 1.807) is 27.7 Å². The zero-order chi connectivity index (χ0) is 15.7. The molecule has 1 aliphatic heterocycles. The van der Waals surface area contributed by atoms with Crippen LogP contribution in [0, 0.1) is 0 Å². The van der Waals surface area contributed by atoms with Crippen LogP contribution in [0.4, 0.5) is 0 Å². The summed E-state index contributed by atoms with van der Waals surface area (Å²) in [6, 6.07) is 5.60. The fourth-order valence-corrected chi connectivity index (χ4v) is 3.61. The molecule has 116 valence electrons. The van der Waals surface area contributed by atoms with Gasteiger partial charge in [-0.15, -0.1) is 0 Å². The van der Waals surface area contributed by atoms with E-state index in [4.69, 9.17) is 13.6 Å². The molecule has 0 aliphatic carbocycles. The highest BCUT2D eigenvalue weighted by molar-refractivity contribution is 7.49. The number of rotatable bonds is 4. The Balaban J connectivity index is 2.25. The SMILES string of the molecule is CC(=O)CCc1cccc2c1OP(=O)(OC(C)(C)C)OC2. The van der Waals surface area contributed by atoms with E-state index in [0.29, 0.717) is 18.6 Å². The number of aryl methyl sites for hydroxylation is 1. The molecule has 0 bridgehead atoms. The van der Waals surface area contributed by atoms with Crippen LogP contribution < -0.4 is 4.52 Å². The lowest BCUT2D eigenvalue weighted by atomic mass is 10.0. The van der Waals surface area contributed by atoms with E-state index >= 15 is 0 Å². The van der Waals surface area contributed by atoms with Crippen LogP contribution in [0.3, 0.4) is 0 Å². The van der Waals surface area contributed by atoms with Gasteiger partial charge < -0.3 is 9.32 Å². The number of hydrogen-bond donors (Lipinski definition) is 0. The number of Topliss-reactive ketones (excluding diaryl/α,β-unsaturated/α-hetero) is 1. The maximum Gasteiger partial charge on any atom is 0.530 e. The Morgan fingerprint density at radius 1 is 1.38 bits per heavy atom. The summed E-state index contributed by atoms with van der Waals surface area (Å²) in [5.74, 6) is 0.631. The monoisotopic (exact) mass is 312 g/mol. The average molecular weight is 312 g/mol. The van der Waals surface area contributed by atoms with Crippen molar-refractivity contribution >= 4 is 13.6 Å². The summed E-state index contributed by atoms with van der Waals surface area (Å²) in [6.45, 7) is 7.09. The minimum Gasteiger partial charge on any atom is -0.403 e. The lowest BCUT2D eigenvalue weighted by Crippen LogP contribution is -2.22. The Kier molecular flexibility index (Phi) is 4.57. The third-order valence-electron chi connectivity index (χ3n) is 2.89. The molecule has 1 atom stereocenters. The van der Waals surface area contributed by atoms with E-state index in [0.717, 1.165) is 11.1 Å². The molecule has 6 heteroatoms. The number of ketones is 1. The van der Waals surface area contributed by atoms with Crippen molar-refractivity contribution in [3.63, 3.8) is 0 Å². The van der Waals surface area contributed by atoms with Gasteiger partial charge in [0, 0.05) is 12.0 Å². The molecule has 1 aromatic carbocycles. The topological polar surface area (TPSA) is 61.8 Å². The van der Waals surface area contributed by atoms with Crippen LogP contribution in [-0.4, -0.2) is 11.4 Å². The Hall–Kier alpha value is -1.16. The van der Waals surface area contributed by atoms with Crippen LogP contribution in [0.1, 0.15) is 45.2 Å². The second-order valence-corrected chi connectivity index (χ2v) is 7.64. The van der Waals surface area contributed by atoms with Gasteiger partial charge >= 0.3 is 7.82 Å². The molecule has 0 amide bonds. The highest BCUT2D eigenvalue weighted by Crippen LogP contribution is 2.57. The number of phosphoric ester groups is 1. The van der Waals surface area contributed by atoms with Crippen molar-refractivity contribution < 1.29 is 22.9 Å². The molecule has 0 radical (unpaired) electrons. The van der Waals surface area contributed by atoms with Gasteiger partial charge in [0.15, 0.2) is 0 Å². The molecule has 2 rings (SSSR count). The lowest BCUT2D eigenvalue weighted by molar-refractivity contribution is -0.116. The summed E-state index contributed by atoms with van der Waals surface area (Å²) < 4.78 is 28.9. The summed E-state index contributed by atoms with van der Waals surface area (Å²) in [7, 11) is -3.63. The van der Waals surface area contributed by atoms with Crippen LogP contribution in [0.25, 0.3) is 0 Å². The predicted octanol–water partition coefficient (Wildman–Crippen LogP) is 4.04. The van der Waals surface area contributed by atoms with Crippen molar-refractivity contribution in [1.29, 1.82) is 0 Å². The summed E-state index contributed by atoms with van der Waals surface area (Å²) >= 11 is 0. The molecule has 0 fully saturated rings. The number of carbonyl (C=O) groups is 1. The second kappa shape index (κ2) is 5.91. The number of phosphoric acid groups is 1. The van der Waals surface area contributed by atoms with Gasteiger partial charge in [0.1, 0.15) is 11.5 Å². The molecule has 21 heavy (non-hydrogen) atoms. The molecule has 1 aliphatic rings.